The number of methoxy groups -OCH3 is 2. The van der Waals surface area contributed by atoms with Crippen molar-refractivity contribution in [2.45, 2.75) is 0 Å². The molecular weight excluding hydrogens is 364 g/mol. The van der Waals surface area contributed by atoms with Gasteiger partial charge >= 0.3 is 88.1 Å². The molecule has 1 aromatic rings. The average molecular weight is 373 g/mol. The summed E-state index contributed by atoms with van der Waals surface area (Å²) in [6, 6.07) is 5.78. The predicted octanol–water partition coefficient (Wildman–Crippen LogP) is 1.57. The Labute approximate surface area is 87.7 Å². The molecule has 0 aromatic heterocycles. The first kappa shape index (κ1) is 10.1. The Morgan fingerprint density at radius 1 is 1.25 bits per heavy atom. The number of hydrogen-bond donors (Lipinski definition) is 0. The molecule has 62 valence electrons. The van der Waals surface area contributed by atoms with Crippen molar-refractivity contribution in [3.63, 3.8) is 0 Å². The third kappa shape index (κ3) is 2.27. The molecule has 0 aliphatic rings. The number of hydrogen-bond acceptors (Lipinski definition) is 2. The van der Waals surface area contributed by atoms with Gasteiger partial charge in [0.05, 0.1) is 0 Å². The van der Waals surface area contributed by atoms with Crippen LogP contribution in [-0.4, -0.2) is 14.2 Å². The summed E-state index contributed by atoms with van der Waals surface area (Å²) in [4.78, 5) is 0. The average Bonchev–Trinajstić information content (AvgIpc) is 2.16. The maximum atomic E-state index is 5.91. The molecule has 1 aromatic carbocycles. The number of rotatable bonds is 3. The first-order valence-electron chi connectivity index (χ1n) is 3.58. The molecule has 0 atom stereocenters. The molecule has 0 unspecified atom stereocenters. The van der Waals surface area contributed by atoms with E-state index in [4.69, 9.17) is 17.7 Å². The van der Waals surface area contributed by atoms with E-state index in [1.54, 1.807) is 14.2 Å². The van der Waals surface area contributed by atoms with Crippen LogP contribution in [0.25, 0.3) is 0 Å². The van der Waals surface area contributed by atoms with Crippen molar-refractivity contribution in [1.29, 1.82) is 0 Å². The van der Waals surface area contributed by atoms with Crippen molar-refractivity contribution in [1.82, 2.24) is 0 Å². The maximum absolute atomic E-state index is 5.91. The SMILES string of the molecule is COc1cc[c]([Hg][Cl])c(OC)c1. The molecule has 0 spiro atoms. The van der Waals surface area contributed by atoms with Crippen LogP contribution in [0.2, 0.25) is 0 Å². The Balaban J connectivity index is 3.02. The van der Waals surface area contributed by atoms with Gasteiger partial charge in [0.1, 0.15) is 0 Å². The minimum atomic E-state index is -1.36. The summed E-state index contributed by atoms with van der Waals surface area (Å²) in [5.74, 6) is 1.68. The molecule has 0 aliphatic heterocycles. The zero-order valence-electron chi connectivity index (χ0n) is 7.13. The van der Waals surface area contributed by atoms with Crippen LogP contribution in [0.1, 0.15) is 0 Å². The van der Waals surface area contributed by atoms with E-state index in [1.807, 2.05) is 18.2 Å². The summed E-state index contributed by atoms with van der Waals surface area (Å²) < 4.78 is 11.4. The van der Waals surface area contributed by atoms with Gasteiger partial charge in [0.2, 0.25) is 0 Å². The topological polar surface area (TPSA) is 18.5 Å². The van der Waals surface area contributed by atoms with Crippen LogP contribution in [0.15, 0.2) is 18.2 Å². The zero-order valence-corrected chi connectivity index (χ0v) is 13.4. The van der Waals surface area contributed by atoms with E-state index in [9.17, 15) is 0 Å². The van der Waals surface area contributed by atoms with Crippen molar-refractivity contribution < 1.29 is 32.8 Å². The molecule has 0 fully saturated rings. The van der Waals surface area contributed by atoms with Crippen LogP contribution in [-0.2, 0) is 23.3 Å². The van der Waals surface area contributed by atoms with Crippen molar-refractivity contribution >= 4 is 11.3 Å². The molecule has 0 heterocycles. The van der Waals surface area contributed by atoms with Gasteiger partial charge in [0.25, 0.3) is 0 Å². The molecule has 0 bridgehead atoms. The Morgan fingerprint density at radius 3 is 2.50 bits per heavy atom. The van der Waals surface area contributed by atoms with Gasteiger partial charge in [0, 0.05) is 0 Å². The van der Waals surface area contributed by atoms with Gasteiger partial charge in [-0.3, -0.25) is 0 Å². The van der Waals surface area contributed by atoms with Gasteiger partial charge in [-0.15, -0.1) is 0 Å². The van der Waals surface area contributed by atoms with Crippen LogP contribution in [0.5, 0.6) is 11.5 Å². The van der Waals surface area contributed by atoms with E-state index in [2.05, 4.69) is 0 Å². The summed E-state index contributed by atoms with van der Waals surface area (Å²) in [5.41, 5.74) is 0. The fourth-order valence-corrected chi connectivity index (χ4v) is 5.17. The fourth-order valence-electron chi connectivity index (χ4n) is 0.962. The Bertz CT molecular complexity index is 265. The van der Waals surface area contributed by atoms with E-state index >= 15 is 0 Å². The number of halogens is 1. The van der Waals surface area contributed by atoms with E-state index in [0.717, 1.165) is 11.5 Å². The van der Waals surface area contributed by atoms with Crippen molar-refractivity contribution in [2.75, 3.05) is 14.2 Å². The van der Waals surface area contributed by atoms with Gasteiger partial charge in [0.15, 0.2) is 0 Å². The molecule has 0 N–H and O–H groups in total. The van der Waals surface area contributed by atoms with E-state index in [1.165, 1.54) is 3.07 Å². The molecule has 0 amide bonds. The van der Waals surface area contributed by atoms with Crippen LogP contribution in [0, 0.1) is 0 Å². The van der Waals surface area contributed by atoms with Gasteiger partial charge < -0.3 is 0 Å². The first-order valence-corrected chi connectivity index (χ1v) is 13.1. The Hall–Kier alpha value is 0.0451. The predicted molar refractivity (Wildman–Crippen MR) is 45.0 cm³/mol. The van der Waals surface area contributed by atoms with Crippen molar-refractivity contribution in [2.24, 2.45) is 0 Å². The number of ether oxygens (including phenoxy) is 2. The van der Waals surface area contributed by atoms with Gasteiger partial charge in [-0.2, -0.15) is 0 Å². The van der Waals surface area contributed by atoms with Crippen molar-refractivity contribution in [3.05, 3.63) is 18.2 Å². The van der Waals surface area contributed by atoms with Crippen LogP contribution in [0.3, 0.4) is 0 Å². The zero-order chi connectivity index (χ0) is 8.97. The molecule has 0 radical (unpaired) electrons. The van der Waals surface area contributed by atoms with Crippen LogP contribution in [0.4, 0.5) is 0 Å². The second-order valence-corrected chi connectivity index (χ2v) is 8.66. The molecule has 0 saturated carbocycles. The minimum absolute atomic E-state index is 0.814. The van der Waals surface area contributed by atoms with E-state index in [0.29, 0.717) is 0 Å². The summed E-state index contributed by atoms with van der Waals surface area (Å²) >= 11 is -1.36. The summed E-state index contributed by atoms with van der Waals surface area (Å²) in [6.45, 7) is 0. The second kappa shape index (κ2) is 4.92. The normalized spacial score (nSPS) is 8.92. The molecule has 12 heavy (non-hydrogen) atoms. The number of benzene rings is 1. The monoisotopic (exact) mass is 374 g/mol. The summed E-state index contributed by atoms with van der Waals surface area (Å²) in [6.07, 6.45) is 0. The summed E-state index contributed by atoms with van der Waals surface area (Å²) in [7, 11) is 9.20. The van der Waals surface area contributed by atoms with E-state index in [-0.39, 0.29) is 0 Å². The van der Waals surface area contributed by atoms with Crippen LogP contribution >= 0.6 is 8.25 Å². The molecule has 1 rings (SSSR count). The molecule has 2 nitrogen and oxygen atoms in total. The fraction of sp³-hybridized carbons (Fsp3) is 0.250. The third-order valence-corrected chi connectivity index (χ3v) is 7.56. The Kier molecular flexibility index (Phi) is 4.16. The standard InChI is InChI=1S/C8H9O2.ClH.Hg/c1-9-7-4-3-5-8(6-7)10-2;;/h3-4,6H,1-2H3;1H;/q;;+1/p-1. The first-order chi connectivity index (χ1) is 5.81. The van der Waals surface area contributed by atoms with Gasteiger partial charge in [-0.25, -0.2) is 0 Å². The Morgan fingerprint density at radius 2 is 2.00 bits per heavy atom. The summed E-state index contributed by atoms with van der Waals surface area (Å²) in [5, 5.41) is 0. The van der Waals surface area contributed by atoms with Crippen LogP contribution < -0.4 is 12.5 Å². The second-order valence-electron chi connectivity index (χ2n) is 2.31. The molecule has 0 saturated heterocycles. The third-order valence-electron chi connectivity index (χ3n) is 1.64. The molecule has 4 heteroatoms. The van der Waals surface area contributed by atoms with Gasteiger partial charge in [-0.05, 0) is 0 Å². The van der Waals surface area contributed by atoms with Gasteiger partial charge in [-0.1, -0.05) is 0 Å². The molecular formula is C8H9ClHgO2. The quantitative estimate of drug-likeness (QED) is 0.749. The van der Waals surface area contributed by atoms with E-state index < -0.39 is 23.3 Å². The molecule has 0 aliphatic carbocycles. The van der Waals surface area contributed by atoms with Crippen molar-refractivity contribution in [3.8, 4) is 11.5 Å².